The third-order valence-corrected chi connectivity index (χ3v) is 6.83. The lowest BCUT2D eigenvalue weighted by molar-refractivity contribution is -0.152. The second-order valence-corrected chi connectivity index (χ2v) is 9.14. The molecule has 0 unspecified atom stereocenters. The normalized spacial score (nSPS) is 24.0. The van der Waals surface area contributed by atoms with Crippen LogP contribution in [-0.2, 0) is 14.9 Å². The molecule has 2 saturated carbocycles. The van der Waals surface area contributed by atoms with E-state index in [2.05, 4.69) is 6.07 Å². The summed E-state index contributed by atoms with van der Waals surface area (Å²) in [5.41, 5.74) is 4.59. The molecule has 0 amide bonds. The van der Waals surface area contributed by atoms with Crippen molar-refractivity contribution in [3.8, 4) is 17.6 Å². The van der Waals surface area contributed by atoms with Crippen LogP contribution in [0.25, 0.3) is 0 Å². The number of esters is 1. The molecule has 8 nitrogen and oxygen atoms in total. The van der Waals surface area contributed by atoms with Gasteiger partial charge in [0.05, 0.1) is 49.4 Å². The molecule has 2 fully saturated rings. The predicted molar refractivity (Wildman–Crippen MR) is 117 cm³/mol. The number of carbonyl (C=O) groups is 1. The fourth-order valence-corrected chi connectivity index (χ4v) is 4.54. The summed E-state index contributed by atoms with van der Waals surface area (Å²) in [7, 11) is 1.61. The van der Waals surface area contributed by atoms with Gasteiger partial charge < -0.3 is 30.2 Å². The Kier molecular flexibility index (Phi) is 7.99. The fourth-order valence-electron chi connectivity index (χ4n) is 4.54. The van der Waals surface area contributed by atoms with Gasteiger partial charge in [0.2, 0.25) is 0 Å². The van der Waals surface area contributed by atoms with Crippen molar-refractivity contribution in [3.05, 3.63) is 23.8 Å². The number of aliphatic hydroxyl groups excluding tert-OH is 2. The number of methoxy groups -OCH3 is 1. The molecule has 2 aliphatic rings. The zero-order chi connectivity index (χ0) is 23.2. The molecule has 8 heteroatoms. The molecule has 0 radical (unpaired) electrons. The highest BCUT2D eigenvalue weighted by molar-refractivity contribution is 5.72. The molecule has 176 valence electrons. The molecule has 0 bridgehead atoms. The van der Waals surface area contributed by atoms with E-state index in [9.17, 15) is 20.3 Å². The van der Waals surface area contributed by atoms with Gasteiger partial charge in [-0.25, -0.2) is 0 Å². The quantitative estimate of drug-likeness (QED) is 0.491. The minimum absolute atomic E-state index is 0.176. The predicted octanol–water partition coefficient (Wildman–Crippen LogP) is 2.19. The zero-order valence-corrected chi connectivity index (χ0v) is 18.7. The summed E-state index contributed by atoms with van der Waals surface area (Å²) in [6.07, 6.45) is 6.60. The second-order valence-electron chi connectivity index (χ2n) is 9.14. The lowest BCUT2D eigenvalue weighted by atomic mass is 9.67. The van der Waals surface area contributed by atoms with E-state index < -0.39 is 30.1 Å². The molecule has 32 heavy (non-hydrogen) atoms. The second kappa shape index (κ2) is 10.5. The minimum atomic E-state index is -1.35. The summed E-state index contributed by atoms with van der Waals surface area (Å²) in [6.45, 7) is -1.22. The largest absolute Gasteiger partial charge is 0.493 e. The summed E-state index contributed by atoms with van der Waals surface area (Å²) in [5.74, 6) is 0.572. The number of hydrogen-bond donors (Lipinski definition) is 3. The van der Waals surface area contributed by atoms with E-state index in [-0.39, 0.29) is 18.6 Å². The average Bonchev–Trinajstić information content (AvgIpc) is 3.35. The van der Waals surface area contributed by atoms with Crippen molar-refractivity contribution in [3.63, 3.8) is 0 Å². The van der Waals surface area contributed by atoms with Gasteiger partial charge in [0, 0.05) is 0 Å². The number of nitriles is 1. The first-order chi connectivity index (χ1) is 15.4. The number of ether oxygens (including phenoxy) is 3. The molecule has 0 saturated heterocycles. The van der Waals surface area contributed by atoms with E-state index in [0.29, 0.717) is 37.2 Å². The first-order valence-corrected chi connectivity index (χ1v) is 11.3. The minimum Gasteiger partial charge on any atom is -0.493 e. The van der Waals surface area contributed by atoms with Crippen LogP contribution in [0.15, 0.2) is 18.2 Å². The average molecular weight is 447 g/mol. The van der Waals surface area contributed by atoms with Crippen molar-refractivity contribution in [2.75, 3.05) is 26.9 Å². The molecule has 2 aliphatic carbocycles. The summed E-state index contributed by atoms with van der Waals surface area (Å²) in [5, 5.41) is 28.6. The monoisotopic (exact) mass is 446 g/mol. The Morgan fingerprint density at radius 2 is 1.84 bits per heavy atom. The number of aliphatic hydroxyl groups is 2. The van der Waals surface area contributed by atoms with E-state index >= 15 is 0 Å². The summed E-state index contributed by atoms with van der Waals surface area (Å²) in [4.78, 5) is 12.5. The highest BCUT2D eigenvalue weighted by Crippen LogP contribution is 2.44. The number of nitrogens with zero attached hydrogens (tertiary/aromatic N) is 1. The first-order valence-electron chi connectivity index (χ1n) is 11.3. The van der Waals surface area contributed by atoms with Crippen LogP contribution >= 0.6 is 0 Å². The third kappa shape index (κ3) is 5.34. The maximum Gasteiger partial charge on any atom is 0.308 e. The summed E-state index contributed by atoms with van der Waals surface area (Å²) in [6, 6.07) is 8.17. The van der Waals surface area contributed by atoms with Gasteiger partial charge in [-0.3, -0.25) is 4.79 Å². The van der Waals surface area contributed by atoms with Crippen molar-refractivity contribution in [1.82, 2.24) is 0 Å². The standard InChI is InChI=1S/C24H34N2O6/c1-30-20-7-6-18(12-21(20)32-19-4-2-3-5-19)23(13-25)10-8-17(9-11-23)22(29)31-16-24(26,14-27)15-28/h6-7,12,17,19,27-28H,2-5,8-11,14-16,26H2,1H3/t17-,23+. The number of rotatable bonds is 9. The Balaban J connectivity index is 1.68. The van der Waals surface area contributed by atoms with Crippen LogP contribution in [0.5, 0.6) is 11.5 Å². The van der Waals surface area contributed by atoms with Crippen LogP contribution in [0.4, 0.5) is 0 Å². The molecule has 3 rings (SSSR count). The summed E-state index contributed by atoms with van der Waals surface area (Å²) >= 11 is 0. The molecule has 0 atom stereocenters. The van der Waals surface area contributed by atoms with Crippen molar-refractivity contribution >= 4 is 5.97 Å². The van der Waals surface area contributed by atoms with Gasteiger partial charge in [0.15, 0.2) is 11.5 Å². The van der Waals surface area contributed by atoms with Gasteiger partial charge in [0.1, 0.15) is 6.61 Å². The van der Waals surface area contributed by atoms with E-state index in [4.69, 9.17) is 19.9 Å². The smallest absolute Gasteiger partial charge is 0.308 e. The zero-order valence-electron chi connectivity index (χ0n) is 18.7. The SMILES string of the molecule is COc1ccc([C@]2(C#N)CC[C@H](C(=O)OCC(N)(CO)CO)CC2)cc1OC1CCCC1. The Hall–Kier alpha value is -2.34. The molecule has 0 aromatic heterocycles. The van der Waals surface area contributed by atoms with Gasteiger partial charge >= 0.3 is 5.97 Å². The fraction of sp³-hybridized carbons (Fsp3) is 0.667. The molecule has 1 aromatic rings. The van der Waals surface area contributed by atoms with Gasteiger partial charge in [-0.15, -0.1) is 0 Å². The third-order valence-electron chi connectivity index (χ3n) is 6.83. The Labute approximate surface area is 189 Å². The lowest BCUT2D eigenvalue weighted by Gasteiger charge is -2.35. The number of hydrogen-bond acceptors (Lipinski definition) is 8. The molecule has 1 aromatic carbocycles. The van der Waals surface area contributed by atoms with E-state index in [1.807, 2.05) is 18.2 Å². The van der Waals surface area contributed by atoms with E-state index in [0.717, 1.165) is 31.2 Å². The van der Waals surface area contributed by atoms with Crippen LogP contribution in [0, 0.1) is 17.2 Å². The van der Waals surface area contributed by atoms with Gasteiger partial charge in [-0.2, -0.15) is 5.26 Å². The number of benzene rings is 1. The van der Waals surface area contributed by atoms with Crippen LogP contribution in [0.2, 0.25) is 0 Å². The molecular formula is C24H34N2O6. The maximum absolute atomic E-state index is 12.5. The first kappa shape index (κ1) is 24.3. The maximum atomic E-state index is 12.5. The van der Waals surface area contributed by atoms with Crippen molar-refractivity contribution in [2.24, 2.45) is 11.7 Å². The van der Waals surface area contributed by atoms with Gasteiger partial charge in [-0.05, 0) is 69.1 Å². The lowest BCUT2D eigenvalue weighted by Crippen LogP contribution is -2.52. The van der Waals surface area contributed by atoms with Crippen LogP contribution < -0.4 is 15.2 Å². The molecule has 0 heterocycles. The van der Waals surface area contributed by atoms with Gasteiger partial charge in [-0.1, -0.05) is 6.07 Å². The number of nitrogens with two attached hydrogens (primary N) is 1. The Bertz CT molecular complexity index is 818. The molecule has 4 N–H and O–H groups in total. The van der Waals surface area contributed by atoms with Crippen molar-refractivity contribution < 1.29 is 29.2 Å². The highest BCUT2D eigenvalue weighted by atomic mass is 16.5. The van der Waals surface area contributed by atoms with E-state index in [1.54, 1.807) is 7.11 Å². The Morgan fingerprint density at radius 3 is 2.41 bits per heavy atom. The summed E-state index contributed by atoms with van der Waals surface area (Å²) < 4.78 is 16.9. The molecule has 0 aliphatic heterocycles. The molecule has 0 spiro atoms. The topological polar surface area (TPSA) is 135 Å². The van der Waals surface area contributed by atoms with Crippen molar-refractivity contribution in [1.29, 1.82) is 5.26 Å². The molecular weight excluding hydrogens is 412 g/mol. The van der Waals surface area contributed by atoms with Gasteiger partial charge in [0.25, 0.3) is 0 Å². The highest BCUT2D eigenvalue weighted by Gasteiger charge is 2.40. The van der Waals surface area contributed by atoms with Crippen LogP contribution in [0.3, 0.4) is 0 Å². The Morgan fingerprint density at radius 1 is 1.19 bits per heavy atom. The van der Waals surface area contributed by atoms with Crippen molar-refractivity contribution in [2.45, 2.75) is 68.4 Å². The van der Waals surface area contributed by atoms with E-state index in [1.165, 1.54) is 0 Å². The van der Waals surface area contributed by atoms with Crippen LogP contribution in [-0.4, -0.2) is 54.8 Å². The van der Waals surface area contributed by atoms with Crippen LogP contribution in [0.1, 0.15) is 56.9 Å². The number of carbonyl (C=O) groups excluding carboxylic acids is 1.